The molecular weight excluding hydrogens is 296 g/mol. The maximum atomic E-state index is 12.7. The minimum atomic E-state index is -3.32. The zero-order valence-corrected chi connectivity index (χ0v) is 14.2. The van der Waals surface area contributed by atoms with Crippen LogP contribution in [0.4, 0.5) is 0 Å². The van der Waals surface area contributed by atoms with Gasteiger partial charge < -0.3 is 4.90 Å². The molecule has 0 bridgehead atoms. The summed E-state index contributed by atoms with van der Waals surface area (Å²) in [6.45, 7) is 5.65. The fraction of sp³-hybridized carbons (Fsp3) is 0.647. The second-order valence-corrected chi connectivity index (χ2v) is 8.48. The lowest BCUT2D eigenvalue weighted by molar-refractivity contribution is 0.118. The van der Waals surface area contributed by atoms with Crippen LogP contribution < -0.4 is 0 Å². The molecule has 0 radical (unpaired) electrons. The monoisotopic (exact) mass is 322 g/mol. The molecule has 0 unspecified atom stereocenters. The van der Waals surface area contributed by atoms with Gasteiger partial charge in [-0.05, 0) is 57.8 Å². The van der Waals surface area contributed by atoms with Gasteiger partial charge in [0, 0.05) is 19.1 Å². The van der Waals surface area contributed by atoms with Crippen LogP contribution in [0.3, 0.4) is 0 Å². The molecule has 0 saturated carbocycles. The average molecular weight is 322 g/mol. The van der Waals surface area contributed by atoms with Crippen molar-refractivity contribution in [1.29, 1.82) is 0 Å². The zero-order valence-electron chi connectivity index (χ0n) is 13.4. The summed E-state index contributed by atoms with van der Waals surface area (Å²) >= 11 is 0. The standard InChI is InChI=1S/C17H26N2O2S/c1-15-5-7-17(8-6-15)22(20,21)19-13-9-16(10-14-19)18-11-3-2-4-12-18/h5-8,16H,2-4,9-14H2,1H3. The first kappa shape index (κ1) is 16.0. The highest BCUT2D eigenvalue weighted by Gasteiger charge is 2.31. The van der Waals surface area contributed by atoms with Crippen LogP contribution in [0.5, 0.6) is 0 Å². The van der Waals surface area contributed by atoms with Gasteiger partial charge in [-0.3, -0.25) is 0 Å². The average Bonchev–Trinajstić information content (AvgIpc) is 2.56. The summed E-state index contributed by atoms with van der Waals surface area (Å²) in [5.41, 5.74) is 1.09. The summed E-state index contributed by atoms with van der Waals surface area (Å²) in [6, 6.07) is 7.76. The molecule has 0 spiro atoms. The molecule has 0 N–H and O–H groups in total. The van der Waals surface area contributed by atoms with Crippen LogP contribution in [-0.2, 0) is 10.0 Å². The second kappa shape index (κ2) is 6.69. The highest BCUT2D eigenvalue weighted by Crippen LogP contribution is 2.25. The lowest BCUT2D eigenvalue weighted by atomic mass is 10.0. The number of likely N-dealkylation sites (tertiary alicyclic amines) is 1. The molecule has 22 heavy (non-hydrogen) atoms. The third-order valence-electron chi connectivity index (χ3n) is 4.99. The van der Waals surface area contributed by atoms with E-state index in [0.29, 0.717) is 24.0 Å². The molecule has 0 aromatic heterocycles. The normalized spacial score (nSPS) is 22.8. The number of hydrogen-bond acceptors (Lipinski definition) is 3. The van der Waals surface area contributed by atoms with E-state index in [1.165, 1.54) is 32.4 Å². The quantitative estimate of drug-likeness (QED) is 0.859. The summed E-state index contributed by atoms with van der Waals surface area (Å²) in [5.74, 6) is 0. The Hall–Kier alpha value is -0.910. The molecule has 1 aromatic carbocycles. The molecule has 2 heterocycles. The molecule has 0 amide bonds. The Kier molecular flexibility index (Phi) is 4.85. The minimum Gasteiger partial charge on any atom is -0.300 e. The van der Waals surface area contributed by atoms with E-state index in [-0.39, 0.29) is 0 Å². The van der Waals surface area contributed by atoms with Crippen molar-refractivity contribution in [3.8, 4) is 0 Å². The van der Waals surface area contributed by atoms with Gasteiger partial charge >= 0.3 is 0 Å². The molecule has 0 aliphatic carbocycles. The van der Waals surface area contributed by atoms with E-state index in [1.807, 2.05) is 19.1 Å². The summed E-state index contributed by atoms with van der Waals surface area (Å²) in [4.78, 5) is 2.99. The molecule has 2 aliphatic heterocycles. The molecule has 2 fully saturated rings. The van der Waals surface area contributed by atoms with Gasteiger partial charge in [-0.25, -0.2) is 8.42 Å². The zero-order chi connectivity index (χ0) is 15.6. The molecule has 5 heteroatoms. The molecule has 0 atom stereocenters. The number of aryl methyl sites for hydroxylation is 1. The van der Waals surface area contributed by atoms with Crippen LogP contribution in [0.25, 0.3) is 0 Å². The Morgan fingerprint density at radius 3 is 2.09 bits per heavy atom. The van der Waals surface area contributed by atoms with Crippen LogP contribution in [0.2, 0.25) is 0 Å². The van der Waals surface area contributed by atoms with Gasteiger partial charge in [-0.1, -0.05) is 24.1 Å². The van der Waals surface area contributed by atoms with Crippen molar-refractivity contribution >= 4 is 10.0 Å². The van der Waals surface area contributed by atoms with E-state index in [1.54, 1.807) is 16.4 Å². The second-order valence-electron chi connectivity index (χ2n) is 6.54. The Morgan fingerprint density at radius 1 is 0.909 bits per heavy atom. The van der Waals surface area contributed by atoms with Crippen molar-refractivity contribution < 1.29 is 8.42 Å². The topological polar surface area (TPSA) is 40.6 Å². The summed E-state index contributed by atoms with van der Waals surface area (Å²) in [6.07, 6.45) is 5.86. The predicted octanol–water partition coefficient (Wildman–Crippen LogP) is 2.63. The van der Waals surface area contributed by atoms with E-state index in [2.05, 4.69) is 4.90 Å². The number of nitrogens with zero attached hydrogens (tertiary/aromatic N) is 2. The van der Waals surface area contributed by atoms with E-state index in [9.17, 15) is 8.42 Å². The van der Waals surface area contributed by atoms with Gasteiger partial charge in [0.2, 0.25) is 10.0 Å². The lowest BCUT2D eigenvalue weighted by Gasteiger charge is -2.39. The first-order valence-corrected chi connectivity index (χ1v) is 9.82. The molecule has 2 aliphatic rings. The van der Waals surface area contributed by atoms with Crippen LogP contribution in [0.15, 0.2) is 29.2 Å². The number of benzene rings is 1. The van der Waals surface area contributed by atoms with Crippen molar-refractivity contribution in [3.63, 3.8) is 0 Å². The van der Waals surface area contributed by atoms with Crippen LogP contribution in [0.1, 0.15) is 37.7 Å². The van der Waals surface area contributed by atoms with Gasteiger partial charge in [0.15, 0.2) is 0 Å². The number of rotatable bonds is 3. The Morgan fingerprint density at radius 2 is 1.50 bits per heavy atom. The van der Waals surface area contributed by atoms with Gasteiger partial charge in [-0.2, -0.15) is 4.31 Å². The lowest BCUT2D eigenvalue weighted by Crippen LogP contribution is -2.48. The maximum Gasteiger partial charge on any atom is 0.243 e. The molecule has 3 rings (SSSR count). The van der Waals surface area contributed by atoms with Crippen LogP contribution in [-0.4, -0.2) is 49.8 Å². The van der Waals surface area contributed by atoms with Crippen LogP contribution in [0, 0.1) is 6.92 Å². The van der Waals surface area contributed by atoms with Crippen molar-refractivity contribution in [2.24, 2.45) is 0 Å². The van der Waals surface area contributed by atoms with E-state index >= 15 is 0 Å². The number of hydrogen-bond donors (Lipinski definition) is 0. The van der Waals surface area contributed by atoms with Crippen LogP contribution >= 0.6 is 0 Å². The summed E-state index contributed by atoms with van der Waals surface area (Å²) in [5, 5.41) is 0. The Balaban J connectivity index is 1.63. The SMILES string of the molecule is Cc1ccc(S(=O)(=O)N2CCC(N3CCCCC3)CC2)cc1. The Labute approximate surface area is 134 Å². The minimum absolute atomic E-state index is 0.425. The van der Waals surface area contributed by atoms with Gasteiger partial charge in [0.25, 0.3) is 0 Å². The third kappa shape index (κ3) is 3.36. The molecule has 1 aromatic rings. The van der Waals surface area contributed by atoms with Gasteiger partial charge in [0.1, 0.15) is 0 Å². The third-order valence-corrected chi connectivity index (χ3v) is 6.90. The smallest absolute Gasteiger partial charge is 0.243 e. The summed E-state index contributed by atoms with van der Waals surface area (Å²) < 4.78 is 27.1. The molecule has 122 valence electrons. The van der Waals surface area contributed by atoms with Crippen molar-refractivity contribution in [2.75, 3.05) is 26.2 Å². The van der Waals surface area contributed by atoms with Gasteiger partial charge in [0.05, 0.1) is 4.90 Å². The fourth-order valence-electron chi connectivity index (χ4n) is 3.59. The van der Waals surface area contributed by atoms with Gasteiger partial charge in [-0.15, -0.1) is 0 Å². The largest absolute Gasteiger partial charge is 0.300 e. The summed E-state index contributed by atoms with van der Waals surface area (Å²) in [7, 11) is -3.32. The maximum absolute atomic E-state index is 12.7. The number of piperidine rings is 2. The van der Waals surface area contributed by atoms with E-state index in [4.69, 9.17) is 0 Å². The highest BCUT2D eigenvalue weighted by molar-refractivity contribution is 7.89. The highest BCUT2D eigenvalue weighted by atomic mass is 32.2. The van der Waals surface area contributed by atoms with Crippen molar-refractivity contribution in [3.05, 3.63) is 29.8 Å². The fourth-order valence-corrected chi connectivity index (χ4v) is 5.06. The molecular formula is C17H26N2O2S. The van der Waals surface area contributed by atoms with Crippen molar-refractivity contribution in [1.82, 2.24) is 9.21 Å². The predicted molar refractivity (Wildman–Crippen MR) is 88.4 cm³/mol. The Bertz CT molecular complexity index is 584. The number of sulfonamides is 1. The van der Waals surface area contributed by atoms with Crippen molar-refractivity contribution in [2.45, 2.75) is 50.0 Å². The molecule has 4 nitrogen and oxygen atoms in total. The molecule has 2 saturated heterocycles. The first-order chi connectivity index (χ1) is 10.6. The first-order valence-electron chi connectivity index (χ1n) is 8.38. The van der Waals surface area contributed by atoms with E-state index in [0.717, 1.165) is 18.4 Å². The van der Waals surface area contributed by atoms with E-state index < -0.39 is 10.0 Å².